The van der Waals surface area contributed by atoms with Crippen molar-refractivity contribution in [3.63, 3.8) is 0 Å². The summed E-state index contributed by atoms with van der Waals surface area (Å²) in [6.07, 6.45) is -0.491. The van der Waals surface area contributed by atoms with Gasteiger partial charge < -0.3 is 10.4 Å². The Hall–Kier alpha value is -2.24. The Bertz CT molecular complexity index is 599. The Morgan fingerprint density at radius 2 is 1.81 bits per heavy atom. The minimum Gasteiger partial charge on any atom is -0.392 e. The first-order valence-electron chi connectivity index (χ1n) is 6.78. The van der Waals surface area contributed by atoms with E-state index >= 15 is 0 Å². The number of hydrogen-bond donors (Lipinski definition) is 2. The lowest BCUT2D eigenvalue weighted by molar-refractivity contribution is -0.384. The molecule has 0 aliphatic rings. The van der Waals surface area contributed by atoms with Gasteiger partial charge in [0.1, 0.15) is 0 Å². The maximum absolute atomic E-state index is 10.9. The molecular weight excluding hydrogens is 268 g/mol. The van der Waals surface area contributed by atoms with Crippen molar-refractivity contribution in [1.82, 2.24) is 5.32 Å². The summed E-state index contributed by atoms with van der Waals surface area (Å²) in [7, 11) is 0. The minimum absolute atomic E-state index is 0.0623. The molecule has 0 aliphatic carbocycles. The average molecular weight is 286 g/mol. The van der Waals surface area contributed by atoms with Gasteiger partial charge in [-0.15, -0.1) is 0 Å². The largest absolute Gasteiger partial charge is 0.392 e. The molecule has 0 saturated heterocycles. The minimum atomic E-state index is -0.491. The van der Waals surface area contributed by atoms with Crippen molar-refractivity contribution in [2.24, 2.45) is 0 Å². The predicted molar refractivity (Wildman–Crippen MR) is 81.1 cm³/mol. The number of nitrogens with zero attached hydrogens (tertiary/aromatic N) is 1. The second-order valence-electron chi connectivity index (χ2n) is 4.95. The number of benzene rings is 2. The van der Waals surface area contributed by atoms with Crippen LogP contribution in [0, 0.1) is 10.1 Å². The number of aliphatic hydroxyl groups is 1. The molecular formula is C16H18N2O3. The standard InChI is InChI=1S/C16H18N2O3/c1-12(19)11-17-16(13-6-3-2-4-7-13)14-8-5-9-15(10-14)18(20)21/h2-10,12,16-17,19H,11H2,1H3/t12-,16+/m1/s1. The van der Waals surface area contributed by atoms with Crippen molar-refractivity contribution >= 4 is 5.69 Å². The van der Waals surface area contributed by atoms with Gasteiger partial charge in [-0.3, -0.25) is 10.1 Å². The van der Waals surface area contributed by atoms with E-state index in [4.69, 9.17) is 0 Å². The van der Waals surface area contributed by atoms with Crippen LogP contribution in [0.2, 0.25) is 0 Å². The van der Waals surface area contributed by atoms with Gasteiger partial charge in [0.25, 0.3) is 5.69 Å². The Kier molecular flexibility index (Phi) is 5.03. The number of nitro benzene ring substituents is 1. The first kappa shape index (κ1) is 15.2. The topological polar surface area (TPSA) is 75.4 Å². The average Bonchev–Trinajstić information content (AvgIpc) is 2.48. The van der Waals surface area contributed by atoms with Gasteiger partial charge in [0.05, 0.1) is 17.1 Å². The monoisotopic (exact) mass is 286 g/mol. The van der Waals surface area contributed by atoms with Crippen molar-refractivity contribution in [3.8, 4) is 0 Å². The summed E-state index contributed by atoms with van der Waals surface area (Å²) in [5.41, 5.74) is 1.86. The van der Waals surface area contributed by atoms with E-state index in [1.54, 1.807) is 19.1 Å². The second-order valence-corrected chi connectivity index (χ2v) is 4.95. The summed E-state index contributed by atoms with van der Waals surface area (Å²) in [5.74, 6) is 0. The molecule has 2 aromatic rings. The molecule has 2 atom stereocenters. The first-order chi connectivity index (χ1) is 10.1. The van der Waals surface area contributed by atoms with Crippen molar-refractivity contribution < 1.29 is 10.0 Å². The molecule has 0 bridgehead atoms. The van der Waals surface area contributed by atoms with Gasteiger partial charge in [-0.1, -0.05) is 42.5 Å². The Labute approximate surface area is 123 Å². The lowest BCUT2D eigenvalue weighted by Crippen LogP contribution is -2.29. The van der Waals surface area contributed by atoms with Crippen molar-refractivity contribution in [1.29, 1.82) is 0 Å². The fourth-order valence-corrected chi connectivity index (χ4v) is 2.18. The predicted octanol–water partition coefficient (Wildman–Crippen LogP) is 2.65. The highest BCUT2D eigenvalue weighted by molar-refractivity contribution is 5.40. The molecule has 0 spiro atoms. The second kappa shape index (κ2) is 6.97. The summed E-state index contributed by atoms with van der Waals surface area (Å²) in [6.45, 7) is 2.10. The van der Waals surface area contributed by atoms with Crippen LogP contribution in [0.25, 0.3) is 0 Å². The van der Waals surface area contributed by atoms with E-state index in [0.29, 0.717) is 6.54 Å². The van der Waals surface area contributed by atoms with Crippen molar-refractivity contribution in [2.75, 3.05) is 6.54 Å². The van der Waals surface area contributed by atoms with Gasteiger partial charge in [-0.25, -0.2) is 0 Å². The van der Waals surface area contributed by atoms with Crippen LogP contribution in [0.15, 0.2) is 54.6 Å². The molecule has 2 rings (SSSR count). The van der Waals surface area contributed by atoms with Crippen LogP contribution in [0.4, 0.5) is 5.69 Å². The highest BCUT2D eigenvalue weighted by Crippen LogP contribution is 2.25. The number of hydrogen-bond acceptors (Lipinski definition) is 4. The zero-order valence-corrected chi connectivity index (χ0v) is 11.8. The highest BCUT2D eigenvalue weighted by Gasteiger charge is 2.16. The Morgan fingerprint density at radius 3 is 2.43 bits per heavy atom. The smallest absolute Gasteiger partial charge is 0.269 e. The fourth-order valence-electron chi connectivity index (χ4n) is 2.18. The van der Waals surface area contributed by atoms with Crippen molar-refractivity contribution in [3.05, 3.63) is 75.8 Å². The maximum Gasteiger partial charge on any atom is 0.269 e. The number of nitrogens with one attached hydrogen (secondary N) is 1. The first-order valence-corrected chi connectivity index (χ1v) is 6.78. The molecule has 2 aromatic carbocycles. The van der Waals surface area contributed by atoms with Crippen LogP contribution in [0.5, 0.6) is 0 Å². The van der Waals surface area contributed by atoms with E-state index in [2.05, 4.69) is 5.32 Å². The van der Waals surface area contributed by atoms with Gasteiger partial charge in [-0.05, 0) is 18.1 Å². The molecule has 2 N–H and O–H groups in total. The van der Waals surface area contributed by atoms with Gasteiger partial charge in [-0.2, -0.15) is 0 Å². The summed E-state index contributed by atoms with van der Waals surface area (Å²) < 4.78 is 0. The van der Waals surface area contributed by atoms with Crippen LogP contribution in [0.1, 0.15) is 24.1 Å². The lowest BCUT2D eigenvalue weighted by Gasteiger charge is -2.20. The van der Waals surface area contributed by atoms with E-state index in [0.717, 1.165) is 11.1 Å². The molecule has 5 nitrogen and oxygen atoms in total. The molecule has 0 fully saturated rings. The third-order valence-corrected chi connectivity index (χ3v) is 3.16. The summed E-state index contributed by atoms with van der Waals surface area (Å²) in [6, 6.07) is 16.0. The van der Waals surface area contributed by atoms with E-state index < -0.39 is 11.0 Å². The molecule has 110 valence electrons. The van der Waals surface area contributed by atoms with E-state index in [-0.39, 0.29) is 11.7 Å². The molecule has 0 unspecified atom stereocenters. The SMILES string of the molecule is C[C@@H](O)CN[C@@H](c1ccccc1)c1cccc([N+](=O)[O-])c1. The number of non-ortho nitro benzene ring substituents is 1. The zero-order chi connectivity index (χ0) is 15.2. The Balaban J connectivity index is 2.35. The molecule has 5 heteroatoms. The van der Waals surface area contributed by atoms with Gasteiger partial charge >= 0.3 is 0 Å². The Morgan fingerprint density at radius 1 is 1.14 bits per heavy atom. The van der Waals surface area contributed by atoms with Crippen LogP contribution in [-0.4, -0.2) is 22.7 Å². The van der Waals surface area contributed by atoms with Gasteiger partial charge in [0.2, 0.25) is 0 Å². The van der Waals surface area contributed by atoms with Gasteiger partial charge in [0.15, 0.2) is 0 Å². The summed E-state index contributed by atoms with van der Waals surface area (Å²) >= 11 is 0. The third-order valence-electron chi connectivity index (χ3n) is 3.16. The van der Waals surface area contributed by atoms with E-state index in [1.807, 2.05) is 36.4 Å². The zero-order valence-electron chi connectivity index (χ0n) is 11.8. The summed E-state index contributed by atoms with van der Waals surface area (Å²) in [5, 5.41) is 23.6. The molecule has 0 heterocycles. The molecule has 0 radical (unpaired) electrons. The number of aliphatic hydroxyl groups excluding tert-OH is 1. The quantitative estimate of drug-likeness (QED) is 0.632. The third kappa shape index (κ3) is 4.11. The molecule has 0 aromatic heterocycles. The van der Waals surface area contributed by atoms with Gasteiger partial charge in [0, 0.05) is 18.7 Å². The normalized spacial score (nSPS) is 13.6. The van der Waals surface area contributed by atoms with Crippen LogP contribution in [-0.2, 0) is 0 Å². The molecule has 0 saturated carbocycles. The number of nitro groups is 1. The molecule has 0 amide bonds. The van der Waals surface area contributed by atoms with Crippen LogP contribution in [0.3, 0.4) is 0 Å². The number of rotatable bonds is 6. The fraction of sp³-hybridized carbons (Fsp3) is 0.250. The van der Waals surface area contributed by atoms with E-state index in [1.165, 1.54) is 6.07 Å². The lowest BCUT2D eigenvalue weighted by atomic mass is 9.98. The summed E-state index contributed by atoms with van der Waals surface area (Å²) in [4.78, 5) is 10.5. The molecule has 0 aliphatic heterocycles. The highest BCUT2D eigenvalue weighted by atomic mass is 16.6. The van der Waals surface area contributed by atoms with Crippen molar-refractivity contribution in [2.45, 2.75) is 19.1 Å². The van der Waals surface area contributed by atoms with Crippen LogP contribution >= 0.6 is 0 Å². The van der Waals surface area contributed by atoms with Crippen LogP contribution < -0.4 is 5.32 Å². The molecule has 21 heavy (non-hydrogen) atoms. The maximum atomic E-state index is 10.9. The van der Waals surface area contributed by atoms with E-state index in [9.17, 15) is 15.2 Å².